The van der Waals surface area contributed by atoms with Crippen LogP contribution in [0.15, 0.2) is 35.3 Å². The standard InChI is InChI=1S/C24H40N4O2.HI/c1-2-25-24(26-17-23(29)19-30-18-20-9-5-3-6-10-20)27-21-13-15-28(16-14-21)22-11-7-4-8-12-22;/h3,5-6,9-10,21-23,29H,2,4,7-8,11-19H2,1H3,(H2,25,26,27);1H. The minimum atomic E-state index is -0.600. The Kier molecular flexibility index (Phi) is 12.8. The first-order chi connectivity index (χ1) is 14.7. The van der Waals surface area contributed by atoms with Crippen molar-refractivity contribution in [3.8, 4) is 0 Å². The number of rotatable bonds is 9. The van der Waals surface area contributed by atoms with Gasteiger partial charge in [0.05, 0.1) is 25.9 Å². The van der Waals surface area contributed by atoms with Gasteiger partial charge in [-0.1, -0.05) is 49.6 Å². The molecule has 176 valence electrons. The number of aliphatic hydroxyl groups excluding tert-OH is 1. The third kappa shape index (κ3) is 9.63. The Labute approximate surface area is 205 Å². The Morgan fingerprint density at radius 2 is 1.84 bits per heavy atom. The van der Waals surface area contributed by atoms with Crippen molar-refractivity contribution in [1.29, 1.82) is 0 Å². The minimum Gasteiger partial charge on any atom is -0.389 e. The molecule has 31 heavy (non-hydrogen) atoms. The average Bonchev–Trinajstić information content (AvgIpc) is 2.79. The van der Waals surface area contributed by atoms with E-state index in [2.05, 4.69) is 27.4 Å². The molecule has 0 aromatic heterocycles. The first-order valence-electron chi connectivity index (χ1n) is 11.8. The molecule has 1 saturated carbocycles. The minimum absolute atomic E-state index is 0. The van der Waals surface area contributed by atoms with E-state index in [0.717, 1.165) is 37.0 Å². The summed E-state index contributed by atoms with van der Waals surface area (Å²) in [5.74, 6) is 0.802. The van der Waals surface area contributed by atoms with Gasteiger partial charge in [0.1, 0.15) is 0 Å². The molecule has 3 N–H and O–H groups in total. The van der Waals surface area contributed by atoms with E-state index in [1.54, 1.807) is 0 Å². The lowest BCUT2D eigenvalue weighted by Gasteiger charge is -2.39. The van der Waals surface area contributed by atoms with Gasteiger partial charge in [-0.05, 0) is 38.2 Å². The van der Waals surface area contributed by atoms with Gasteiger partial charge < -0.3 is 25.4 Å². The van der Waals surface area contributed by atoms with E-state index in [9.17, 15) is 5.11 Å². The van der Waals surface area contributed by atoms with Gasteiger partial charge in [0, 0.05) is 31.7 Å². The van der Waals surface area contributed by atoms with Crippen LogP contribution in [0.1, 0.15) is 57.4 Å². The molecule has 1 saturated heterocycles. The zero-order chi connectivity index (χ0) is 21.0. The molecule has 0 bridgehead atoms. The van der Waals surface area contributed by atoms with Crippen LogP contribution in [0.2, 0.25) is 0 Å². The Hall–Kier alpha value is -0.900. The molecule has 0 amide bonds. The smallest absolute Gasteiger partial charge is 0.191 e. The molecule has 2 aliphatic rings. The summed E-state index contributed by atoms with van der Waals surface area (Å²) in [4.78, 5) is 7.30. The highest BCUT2D eigenvalue weighted by molar-refractivity contribution is 14.0. The van der Waals surface area contributed by atoms with Crippen LogP contribution >= 0.6 is 24.0 Å². The molecule has 0 spiro atoms. The second-order valence-electron chi connectivity index (χ2n) is 8.62. The van der Waals surface area contributed by atoms with Gasteiger partial charge in [-0.15, -0.1) is 24.0 Å². The lowest BCUT2D eigenvalue weighted by Crippen LogP contribution is -2.51. The first kappa shape index (κ1) is 26.4. The van der Waals surface area contributed by atoms with Crippen LogP contribution in [0.3, 0.4) is 0 Å². The van der Waals surface area contributed by atoms with Gasteiger partial charge in [0.15, 0.2) is 5.96 Å². The largest absolute Gasteiger partial charge is 0.389 e. The number of halogens is 1. The Bertz CT molecular complexity index is 617. The second-order valence-corrected chi connectivity index (χ2v) is 8.62. The SMILES string of the molecule is CCNC(=NCC(O)COCc1ccccc1)NC1CCN(C2CCCCC2)CC1.I. The average molecular weight is 545 g/mol. The summed E-state index contributed by atoms with van der Waals surface area (Å²) in [5.41, 5.74) is 1.11. The molecular weight excluding hydrogens is 503 g/mol. The molecule has 2 fully saturated rings. The lowest BCUT2D eigenvalue weighted by molar-refractivity contribution is 0.0330. The lowest BCUT2D eigenvalue weighted by atomic mass is 9.92. The molecule has 1 atom stereocenters. The molecular formula is C24H41IN4O2. The summed E-state index contributed by atoms with van der Waals surface area (Å²) in [5, 5.41) is 17.1. The molecule has 1 unspecified atom stereocenters. The van der Waals surface area contributed by atoms with Crippen LogP contribution in [0, 0.1) is 0 Å². The van der Waals surface area contributed by atoms with Crippen molar-refractivity contribution < 1.29 is 9.84 Å². The zero-order valence-electron chi connectivity index (χ0n) is 19.0. The number of hydrogen-bond donors (Lipinski definition) is 3. The number of guanidine groups is 1. The van der Waals surface area contributed by atoms with Gasteiger partial charge in [0.25, 0.3) is 0 Å². The molecule has 1 aromatic rings. The fourth-order valence-corrected chi connectivity index (χ4v) is 4.50. The number of nitrogens with zero attached hydrogens (tertiary/aromatic N) is 2. The van der Waals surface area contributed by atoms with Crippen LogP contribution in [0.4, 0.5) is 0 Å². The van der Waals surface area contributed by atoms with Gasteiger partial charge in [-0.2, -0.15) is 0 Å². The zero-order valence-corrected chi connectivity index (χ0v) is 21.3. The number of nitrogens with one attached hydrogen (secondary N) is 2. The van der Waals surface area contributed by atoms with Crippen LogP contribution in [-0.2, 0) is 11.3 Å². The first-order valence-corrected chi connectivity index (χ1v) is 11.8. The normalized spacial score (nSPS) is 20.1. The molecule has 3 rings (SSSR count). The summed E-state index contributed by atoms with van der Waals surface area (Å²) in [7, 11) is 0. The molecule has 1 aromatic carbocycles. The highest BCUT2D eigenvalue weighted by atomic mass is 127. The number of hydrogen-bond acceptors (Lipinski definition) is 4. The third-order valence-corrected chi connectivity index (χ3v) is 6.19. The van der Waals surface area contributed by atoms with E-state index < -0.39 is 6.10 Å². The van der Waals surface area contributed by atoms with Crippen LogP contribution in [-0.4, -0.2) is 66.9 Å². The summed E-state index contributed by atoms with van der Waals surface area (Å²) >= 11 is 0. The van der Waals surface area contributed by atoms with Crippen molar-refractivity contribution in [2.24, 2.45) is 4.99 Å². The van der Waals surface area contributed by atoms with Crippen LogP contribution in [0.25, 0.3) is 0 Å². The summed E-state index contributed by atoms with van der Waals surface area (Å²) in [6.45, 7) is 6.38. The van der Waals surface area contributed by atoms with Crippen molar-refractivity contribution in [1.82, 2.24) is 15.5 Å². The molecule has 0 radical (unpaired) electrons. The maximum Gasteiger partial charge on any atom is 0.191 e. The fraction of sp³-hybridized carbons (Fsp3) is 0.708. The van der Waals surface area contributed by atoms with Crippen LogP contribution < -0.4 is 10.6 Å². The number of aliphatic hydroxyl groups is 1. The highest BCUT2D eigenvalue weighted by Crippen LogP contribution is 2.25. The summed E-state index contributed by atoms with van der Waals surface area (Å²) < 4.78 is 5.63. The molecule has 1 aliphatic carbocycles. The van der Waals surface area contributed by atoms with E-state index in [1.165, 1.54) is 45.2 Å². The van der Waals surface area contributed by atoms with E-state index in [4.69, 9.17) is 4.74 Å². The number of piperidine rings is 1. The van der Waals surface area contributed by atoms with Gasteiger partial charge in [-0.3, -0.25) is 4.99 Å². The van der Waals surface area contributed by atoms with Gasteiger partial charge >= 0.3 is 0 Å². The monoisotopic (exact) mass is 544 g/mol. The Balaban J connectivity index is 0.00000341. The number of benzene rings is 1. The predicted octanol–water partition coefficient (Wildman–Crippen LogP) is 3.53. The van der Waals surface area contributed by atoms with Crippen molar-refractivity contribution >= 4 is 29.9 Å². The van der Waals surface area contributed by atoms with E-state index >= 15 is 0 Å². The number of ether oxygens (including phenoxy) is 1. The molecule has 1 aliphatic heterocycles. The van der Waals surface area contributed by atoms with Gasteiger partial charge in [-0.25, -0.2) is 0 Å². The predicted molar refractivity (Wildman–Crippen MR) is 138 cm³/mol. The number of aliphatic imine (C=N–C) groups is 1. The van der Waals surface area contributed by atoms with Crippen LogP contribution in [0.5, 0.6) is 0 Å². The molecule has 6 nitrogen and oxygen atoms in total. The van der Waals surface area contributed by atoms with E-state index in [1.807, 2.05) is 30.3 Å². The number of likely N-dealkylation sites (tertiary alicyclic amines) is 1. The maximum absolute atomic E-state index is 10.2. The van der Waals surface area contributed by atoms with E-state index in [-0.39, 0.29) is 30.6 Å². The summed E-state index contributed by atoms with van der Waals surface area (Å²) in [6, 6.07) is 11.3. The summed E-state index contributed by atoms with van der Waals surface area (Å²) in [6.07, 6.45) is 8.69. The maximum atomic E-state index is 10.2. The Morgan fingerprint density at radius 1 is 1.13 bits per heavy atom. The van der Waals surface area contributed by atoms with Crippen molar-refractivity contribution in [3.05, 3.63) is 35.9 Å². The van der Waals surface area contributed by atoms with Crippen molar-refractivity contribution in [3.63, 3.8) is 0 Å². The highest BCUT2D eigenvalue weighted by Gasteiger charge is 2.26. The topological polar surface area (TPSA) is 69.1 Å². The molecule has 1 heterocycles. The Morgan fingerprint density at radius 3 is 2.52 bits per heavy atom. The second kappa shape index (κ2) is 15.0. The molecule has 7 heteroatoms. The quantitative estimate of drug-likeness (QED) is 0.252. The van der Waals surface area contributed by atoms with Crippen molar-refractivity contribution in [2.75, 3.05) is 32.8 Å². The van der Waals surface area contributed by atoms with Gasteiger partial charge in [0.2, 0.25) is 0 Å². The van der Waals surface area contributed by atoms with E-state index in [0.29, 0.717) is 19.2 Å². The third-order valence-electron chi connectivity index (χ3n) is 6.19. The van der Waals surface area contributed by atoms with Crippen molar-refractivity contribution in [2.45, 2.75) is 76.7 Å². The fourth-order valence-electron chi connectivity index (χ4n) is 4.50.